The summed E-state index contributed by atoms with van der Waals surface area (Å²) >= 11 is 22.3. The molecular formula is C36H10BCl4F16I. The minimum atomic E-state index is -6.24. The average molecular weight is 1030 g/mol. The fraction of sp³-hybridized carbons (Fsp3) is 0. The van der Waals surface area contributed by atoms with E-state index in [1.54, 1.807) is 0 Å². The molecule has 58 heavy (non-hydrogen) atoms. The maximum atomic E-state index is 15.8. The lowest BCUT2D eigenvalue weighted by Crippen LogP contribution is -3.61. The molecule has 304 valence electrons. The normalized spacial score (nSPS) is 11.5. The molecule has 0 aliphatic carbocycles. The molecule has 0 radical (unpaired) electrons. The van der Waals surface area contributed by atoms with Gasteiger partial charge in [-0.15, -0.1) is 21.9 Å². The van der Waals surface area contributed by atoms with Crippen molar-refractivity contribution in [2.24, 2.45) is 0 Å². The summed E-state index contributed by atoms with van der Waals surface area (Å²) in [6.07, 6.45) is -6.24. The van der Waals surface area contributed by atoms with E-state index < -0.39 is 141 Å². The van der Waals surface area contributed by atoms with Crippen molar-refractivity contribution in [2.75, 3.05) is 0 Å². The molecule has 0 aliphatic heterocycles. The van der Waals surface area contributed by atoms with E-state index in [2.05, 4.69) is 60.7 Å². The van der Waals surface area contributed by atoms with Crippen molar-refractivity contribution >= 4 is 74.4 Å². The Kier molecular flexibility index (Phi) is 13.6. The van der Waals surface area contributed by atoms with Gasteiger partial charge in [-0.1, -0.05) is 82.8 Å². The zero-order valence-electron chi connectivity index (χ0n) is 27.3. The first-order chi connectivity index (χ1) is 27.2. The van der Waals surface area contributed by atoms with Crippen molar-refractivity contribution in [2.45, 2.75) is 0 Å². The van der Waals surface area contributed by atoms with Crippen LogP contribution in [0.3, 0.4) is 0 Å². The molecule has 0 saturated heterocycles. The van der Waals surface area contributed by atoms with E-state index in [1.807, 2.05) is 0 Å². The summed E-state index contributed by atoms with van der Waals surface area (Å²) < 4.78 is 241. The highest BCUT2D eigenvalue weighted by Crippen LogP contribution is 2.35. The highest BCUT2D eigenvalue weighted by Gasteiger charge is 2.50. The molecule has 6 aromatic rings. The van der Waals surface area contributed by atoms with Crippen molar-refractivity contribution in [3.63, 3.8) is 0 Å². The van der Waals surface area contributed by atoms with Crippen LogP contribution in [0.2, 0.25) is 20.1 Å². The van der Waals surface area contributed by atoms with Crippen LogP contribution in [0.4, 0.5) is 70.2 Å². The Bertz CT molecular complexity index is 2180. The minimum absolute atomic E-state index is 0.0287. The Morgan fingerprint density at radius 1 is 0.276 bits per heavy atom. The van der Waals surface area contributed by atoms with E-state index in [0.29, 0.717) is 0 Å². The van der Waals surface area contributed by atoms with Crippen molar-refractivity contribution in [3.8, 4) is 0 Å². The lowest BCUT2D eigenvalue weighted by molar-refractivity contribution is -0.597. The Morgan fingerprint density at radius 2 is 0.466 bits per heavy atom. The predicted molar refractivity (Wildman–Crippen MR) is 180 cm³/mol. The van der Waals surface area contributed by atoms with Crippen LogP contribution >= 0.6 is 46.4 Å². The molecule has 0 aliphatic rings. The van der Waals surface area contributed by atoms with E-state index in [1.165, 1.54) is 7.14 Å². The van der Waals surface area contributed by atoms with Gasteiger partial charge in [0.25, 0.3) is 0 Å². The SMILES string of the molecule is Fc1c(F)c(F)c([B-](c2c(F)c(F)c(F)c(F)c2Cl)(c2c(F)c(F)c(F)c(F)c2Cl)c2c(F)c(F)c(F)c(F)c2Cl)c(Cl)c1F.c1ccc([I+]c2ccccc2)cc1. The summed E-state index contributed by atoms with van der Waals surface area (Å²) in [5, 5.41) is -9.69. The first-order valence-electron chi connectivity index (χ1n) is 15.1. The standard InChI is InChI=1S/C24BCl4F16.C12H10I/c26-5-1(9(30)17(38)21(42)13(5)34)25(2-6(27)14(35)22(43)18(39)10(2)31,3-7(28)15(36)23(44)19(40)11(3)32)4-8(29)16(37)24(45)20(41)12(4)33;1-3-7-11(8-4-1)13-12-9-5-2-6-10-12/h;1-10H/q-1;+1. The molecule has 22 heteroatoms. The molecule has 0 heterocycles. The molecule has 0 atom stereocenters. The lowest BCUT2D eigenvalue weighted by Gasteiger charge is -2.46. The second-order valence-electron chi connectivity index (χ2n) is 11.5. The first kappa shape index (κ1) is 45.2. The molecule has 0 fully saturated rings. The molecule has 0 bridgehead atoms. The highest BCUT2D eigenvalue weighted by molar-refractivity contribution is 7.22. The number of benzene rings is 6. The van der Waals surface area contributed by atoms with E-state index in [0.717, 1.165) is 0 Å². The second-order valence-corrected chi connectivity index (χ2v) is 16.0. The summed E-state index contributed by atoms with van der Waals surface area (Å²) in [7, 11) is 0. The van der Waals surface area contributed by atoms with Gasteiger partial charge in [-0.3, -0.25) is 0 Å². The van der Waals surface area contributed by atoms with Gasteiger partial charge in [-0.05, 0) is 24.3 Å². The molecule has 0 saturated carbocycles. The fourth-order valence-corrected chi connectivity index (χ4v) is 9.54. The molecule has 0 N–H and O–H groups in total. The largest absolute Gasteiger partial charge is 0.357 e. The van der Waals surface area contributed by atoms with Crippen LogP contribution in [0.15, 0.2) is 60.7 Å². The molecule has 0 aromatic heterocycles. The van der Waals surface area contributed by atoms with Gasteiger partial charge in [0, 0.05) is 20.1 Å². The van der Waals surface area contributed by atoms with Crippen LogP contribution in [0.1, 0.15) is 0 Å². The van der Waals surface area contributed by atoms with E-state index in [4.69, 9.17) is 46.4 Å². The van der Waals surface area contributed by atoms with Gasteiger partial charge >= 0.3 is 21.2 Å². The van der Waals surface area contributed by atoms with E-state index in [9.17, 15) is 52.7 Å². The van der Waals surface area contributed by atoms with Gasteiger partial charge in [0.1, 0.15) is 29.4 Å². The Morgan fingerprint density at radius 3 is 0.672 bits per heavy atom. The molecule has 6 aromatic carbocycles. The van der Waals surface area contributed by atoms with Gasteiger partial charge in [0.2, 0.25) is 0 Å². The van der Waals surface area contributed by atoms with Crippen molar-refractivity contribution < 1.29 is 91.5 Å². The maximum Gasteiger partial charge on any atom is 0.357 e. The van der Waals surface area contributed by atoms with Crippen molar-refractivity contribution in [3.05, 3.63) is 181 Å². The van der Waals surface area contributed by atoms with E-state index >= 15 is 17.6 Å². The Hall–Kier alpha value is -3.85. The van der Waals surface area contributed by atoms with Gasteiger partial charge in [-0.2, -0.15) is 0 Å². The fourth-order valence-electron chi connectivity index (χ4n) is 5.96. The molecule has 0 amide bonds. The zero-order chi connectivity index (χ0) is 43.3. The van der Waals surface area contributed by atoms with Crippen LogP contribution in [-0.4, -0.2) is 6.15 Å². The van der Waals surface area contributed by atoms with Crippen LogP contribution in [0, 0.1) is 100 Å². The van der Waals surface area contributed by atoms with Gasteiger partial charge < -0.3 is 0 Å². The van der Waals surface area contributed by atoms with Crippen LogP contribution in [0.25, 0.3) is 0 Å². The predicted octanol–water partition coefficient (Wildman–Crippen LogP) is 7.72. The lowest BCUT2D eigenvalue weighted by atomic mass is 9.12. The summed E-state index contributed by atoms with van der Waals surface area (Å²) in [6.45, 7) is 0. The molecule has 6 rings (SSSR count). The minimum Gasteiger partial charge on any atom is -0.207 e. The monoisotopic (exact) mass is 1020 g/mol. The Balaban J connectivity index is 0.000000414. The van der Waals surface area contributed by atoms with Crippen molar-refractivity contribution in [1.29, 1.82) is 0 Å². The number of halogens is 21. The number of hydrogen-bond donors (Lipinski definition) is 0. The summed E-state index contributed by atoms with van der Waals surface area (Å²) in [6, 6.07) is 21.4. The molecule has 0 nitrogen and oxygen atoms in total. The third-order valence-electron chi connectivity index (χ3n) is 8.39. The van der Waals surface area contributed by atoms with Crippen molar-refractivity contribution in [1.82, 2.24) is 0 Å². The molecule has 0 unspecified atom stereocenters. The van der Waals surface area contributed by atoms with Gasteiger partial charge in [-0.25, -0.2) is 70.2 Å². The third kappa shape index (κ3) is 7.36. The maximum absolute atomic E-state index is 15.8. The molecular weight excluding hydrogens is 1020 g/mol. The smallest absolute Gasteiger partial charge is 0.207 e. The summed E-state index contributed by atoms with van der Waals surface area (Å²) in [5.41, 5.74) is -10.7. The highest BCUT2D eigenvalue weighted by atomic mass is 127. The first-order valence-corrected chi connectivity index (χ1v) is 18.8. The number of rotatable bonds is 6. The molecule has 0 spiro atoms. The third-order valence-corrected chi connectivity index (χ3v) is 12.6. The quantitative estimate of drug-likeness (QED) is 0.0528. The Labute approximate surface area is 345 Å². The summed E-state index contributed by atoms with van der Waals surface area (Å²) in [5.74, 6) is -48.3. The van der Waals surface area contributed by atoms with Crippen LogP contribution < -0.4 is 43.1 Å². The van der Waals surface area contributed by atoms with Gasteiger partial charge in [0.05, 0.1) is 0 Å². The van der Waals surface area contributed by atoms with Crippen LogP contribution in [-0.2, 0) is 0 Å². The van der Waals surface area contributed by atoms with Crippen LogP contribution in [0.5, 0.6) is 0 Å². The van der Waals surface area contributed by atoms with Gasteiger partial charge in [0.15, 0.2) is 76.9 Å². The number of hydrogen-bond acceptors (Lipinski definition) is 0. The zero-order valence-corrected chi connectivity index (χ0v) is 32.5. The average Bonchev–Trinajstić information content (AvgIpc) is 3.21. The second kappa shape index (κ2) is 17.4. The van der Waals surface area contributed by atoms with E-state index in [-0.39, 0.29) is 21.2 Å². The topological polar surface area (TPSA) is 0 Å². The summed E-state index contributed by atoms with van der Waals surface area (Å²) in [4.78, 5) is 0.